The molecule has 30 heavy (non-hydrogen) atoms. The van der Waals surface area contributed by atoms with Crippen molar-refractivity contribution in [1.82, 2.24) is 0 Å². The highest BCUT2D eigenvalue weighted by Gasteiger charge is 2.11. The van der Waals surface area contributed by atoms with Crippen LogP contribution in [0.1, 0.15) is 136 Å². The number of hydrogen-bond acceptors (Lipinski definition) is 3. The Morgan fingerprint density at radius 3 is 1.60 bits per heavy atom. The molecule has 0 amide bonds. The lowest BCUT2D eigenvalue weighted by atomic mass is 9.99. The molecule has 0 aromatic heterocycles. The molecule has 1 N–H and O–H groups in total. The minimum Gasteiger partial charge on any atom is -0.264 e. The van der Waals surface area contributed by atoms with Crippen molar-refractivity contribution >= 4 is 10.4 Å². The van der Waals surface area contributed by atoms with Gasteiger partial charge >= 0.3 is 10.4 Å². The molecule has 0 aliphatic carbocycles. The van der Waals surface area contributed by atoms with E-state index in [0.29, 0.717) is 0 Å². The molecule has 0 aliphatic rings. The maximum Gasteiger partial charge on any atom is 0.397 e. The van der Waals surface area contributed by atoms with Crippen LogP contribution in [0.5, 0.6) is 0 Å². The molecule has 0 aromatic carbocycles. The fourth-order valence-electron chi connectivity index (χ4n) is 3.81. The van der Waals surface area contributed by atoms with Crippen molar-refractivity contribution in [3.8, 4) is 0 Å². The zero-order valence-electron chi connectivity index (χ0n) is 20.0. The number of unbranched alkanes of at least 4 members (excludes halogenated alkanes) is 16. The van der Waals surface area contributed by atoms with E-state index in [1.54, 1.807) is 0 Å². The first-order valence-electron chi connectivity index (χ1n) is 12.8. The second kappa shape index (κ2) is 21.8. The standard InChI is InChI=1S/C25H50O4S/c1-3-5-7-9-11-12-13-14-15-16-17-19-21-23-25(24-29-30(26,27)28)22-20-18-10-8-6-4-2/h21,23,25H,3-20,22,24H2,1-2H3,(H,26,27,28)/b23-21+. The molecular formula is C25H50O4S. The maximum atomic E-state index is 10.9. The van der Waals surface area contributed by atoms with Crippen LogP contribution in [0.15, 0.2) is 12.2 Å². The first-order valence-corrected chi connectivity index (χ1v) is 14.1. The highest BCUT2D eigenvalue weighted by atomic mass is 32.3. The molecule has 180 valence electrons. The van der Waals surface area contributed by atoms with Gasteiger partial charge in [0.2, 0.25) is 0 Å². The highest BCUT2D eigenvalue weighted by molar-refractivity contribution is 7.80. The third kappa shape index (κ3) is 23.9. The zero-order valence-corrected chi connectivity index (χ0v) is 20.8. The molecule has 0 radical (unpaired) electrons. The molecular weight excluding hydrogens is 396 g/mol. The normalized spacial score (nSPS) is 13.3. The Labute approximate surface area is 188 Å². The van der Waals surface area contributed by atoms with Gasteiger partial charge in [0, 0.05) is 5.92 Å². The summed E-state index contributed by atoms with van der Waals surface area (Å²) in [5.41, 5.74) is 0. The van der Waals surface area contributed by atoms with Crippen molar-refractivity contribution in [1.29, 1.82) is 0 Å². The predicted octanol–water partition coefficient (Wildman–Crippen LogP) is 8.43. The highest BCUT2D eigenvalue weighted by Crippen LogP contribution is 2.16. The van der Waals surface area contributed by atoms with Crippen molar-refractivity contribution in [2.75, 3.05) is 6.61 Å². The van der Waals surface area contributed by atoms with Crippen molar-refractivity contribution in [3.05, 3.63) is 12.2 Å². The lowest BCUT2D eigenvalue weighted by molar-refractivity contribution is 0.234. The number of rotatable bonds is 23. The first-order chi connectivity index (χ1) is 14.5. The molecule has 0 aromatic rings. The fourth-order valence-corrected chi connectivity index (χ4v) is 4.16. The summed E-state index contributed by atoms with van der Waals surface area (Å²) in [5.74, 6) is 0.0609. The van der Waals surface area contributed by atoms with Gasteiger partial charge in [-0.1, -0.05) is 129 Å². The van der Waals surface area contributed by atoms with E-state index in [1.165, 1.54) is 103 Å². The van der Waals surface area contributed by atoms with Crippen LogP contribution in [0.4, 0.5) is 0 Å². The Bertz CT molecular complexity index is 474. The van der Waals surface area contributed by atoms with Gasteiger partial charge in [0.25, 0.3) is 0 Å². The van der Waals surface area contributed by atoms with Crippen LogP contribution in [-0.4, -0.2) is 19.6 Å². The summed E-state index contributed by atoms with van der Waals surface area (Å²) >= 11 is 0. The van der Waals surface area contributed by atoms with Crippen LogP contribution in [0, 0.1) is 5.92 Å². The summed E-state index contributed by atoms with van der Waals surface area (Å²) < 4.78 is 35.2. The van der Waals surface area contributed by atoms with Crippen molar-refractivity contribution in [2.24, 2.45) is 5.92 Å². The van der Waals surface area contributed by atoms with Crippen LogP contribution in [0.2, 0.25) is 0 Å². The third-order valence-corrected chi connectivity index (χ3v) is 6.18. The van der Waals surface area contributed by atoms with Gasteiger partial charge in [-0.2, -0.15) is 8.42 Å². The molecule has 0 spiro atoms. The molecule has 0 heterocycles. The largest absolute Gasteiger partial charge is 0.397 e. The molecule has 0 bridgehead atoms. The first kappa shape index (κ1) is 29.6. The summed E-state index contributed by atoms with van der Waals surface area (Å²) in [6.07, 6.45) is 28.3. The van der Waals surface area contributed by atoms with Gasteiger partial charge < -0.3 is 0 Å². The van der Waals surface area contributed by atoms with E-state index in [4.69, 9.17) is 4.55 Å². The van der Waals surface area contributed by atoms with Crippen LogP contribution < -0.4 is 0 Å². The second-order valence-electron chi connectivity index (χ2n) is 8.78. The molecule has 0 saturated carbocycles. The minimum atomic E-state index is -4.35. The summed E-state index contributed by atoms with van der Waals surface area (Å²) in [5, 5.41) is 0. The smallest absolute Gasteiger partial charge is 0.264 e. The van der Waals surface area contributed by atoms with Gasteiger partial charge in [0.15, 0.2) is 0 Å². The average Bonchev–Trinajstić information content (AvgIpc) is 2.70. The summed E-state index contributed by atoms with van der Waals surface area (Å²) in [7, 11) is -4.35. The number of allylic oxidation sites excluding steroid dienone is 1. The van der Waals surface area contributed by atoms with E-state index in [2.05, 4.69) is 30.2 Å². The van der Waals surface area contributed by atoms with E-state index >= 15 is 0 Å². The van der Waals surface area contributed by atoms with Gasteiger partial charge in [0.05, 0.1) is 6.61 Å². The molecule has 0 rings (SSSR count). The van der Waals surface area contributed by atoms with Crippen LogP contribution in [-0.2, 0) is 14.6 Å². The van der Waals surface area contributed by atoms with Crippen molar-refractivity contribution in [2.45, 2.75) is 136 Å². The monoisotopic (exact) mass is 446 g/mol. The van der Waals surface area contributed by atoms with E-state index in [1.807, 2.05) is 0 Å². The maximum absolute atomic E-state index is 10.9. The third-order valence-electron chi connectivity index (χ3n) is 5.74. The molecule has 4 nitrogen and oxygen atoms in total. The molecule has 5 heteroatoms. The Kier molecular flexibility index (Phi) is 21.5. The second-order valence-corrected chi connectivity index (χ2v) is 9.87. The SMILES string of the molecule is CCCCCCCCCCCCC/C=C/C(CCCCCCCC)COS(=O)(=O)O. The van der Waals surface area contributed by atoms with E-state index in [-0.39, 0.29) is 12.5 Å². The number of hydrogen-bond donors (Lipinski definition) is 1. The van der Waals surface area contributed by atoms with Gasteiger partial charge in [-0.25, -0.2) is 4.18 Å². The molecule has 0 saturated heterocycles. The van der Waals surface area contributed by atoms with Crippen LogP contribution in [0.25, 0.3) is 0 Å². The van der Waals surface area contributed by atoms with Gasteiger partial charge in [-0.3, -0.25) is 4.55 Å². The van der Waals surface area contributed by atoms with Crippen LogP contribution in [0.3, 0.4) is 0 Å². The molecule has 0 aliphatic heterocycles. The summed E-state index contributed by atoms with van der Waals surface area (Å²) in [6, 6.07) is 0. The Morgan fingerprint density at radius 1 is 0.700 bits per heavy atom. The summed E-state index contributed by atoms with van der Waals surface area (Å²) in [6.45, 7) is 4.52. The lowest BCUT2D eigenvalue weighted by Gasteiger charge is -2.12. The Balaban J connectivity index is 3.83. The van der Waals surface area contributed by atoms with Crippen molar-refractivity contribution in [3.63, 3.8) is 0 Å². The predicted molar refractivity (Wildman–Crippen MR) is 129 cm³/mol. The van der Waals surface area contributed by atoms with Gasteiger partial charge in [-0.15, -0.1) is 0 Å². The van der Waals surface area contributed by atoms with Crippen molar-refractivity contribution < 1.29 is 17.2 Å². The zero-order chi connectivity index (χ0) is 22.3. The van der Waals surface area contributed by atoms with Gasteiger partial charge in [0.1, 0.15) is 0 Å². The van der Waals surface area contributed by atoms with E-state index in [9.17, 15) is 8.42 Å². The fraction of sp³-hybridized carbons (Fsp3) is 0.920. The summed E-state index contributed by atoms with van der Waals surface area (Å²) in [4.78, 5) is 0. The van der Waals surface area contributed by atoms with Gasteiger partial charge in [-0.05, 0) is 19.3 Å². The molecule has 0 fully saturated rings. The minimum absolute atomic E-state index is 0.0442. The molecule has 1 unspecified atom stereocenters. The lowest BCUT2D eigenvalue weighted by Crippen LogP contribution is -2.12. The Hall–Kier alpha value is -0.390. The molecule has 1 atom stereocenters. The van der Waals surface area contributed by atoms with Crippen LogP contribution >= 0.6 is 0 Å². The van der Waals surface area contributed by atoms with E-state index in [0.717, 1.165) is 19.3 Å². The average molecular weight is 447 g/mol. The topological polar surface area (TPSA) is 63.6 Å². The van der Waals surface area contributed by atoms with E-state index < -0.39 is 10.4 Å². The Morgan fingerprint density at radius 2 is 1.13 bits per heavy atom. The quantitative estimate of drug-likeness (QED) is 0.0971.